The Bertz CT molecular complexity index is 752. The zero-order chi connectivity index (χ0) is 18.8. The molecule has 25 heavy (non-hydrogen) atoms. The van der Waals surface area contributed by atoms with Gasteiger partial charge in [-0.3, -0.25) is 4.79 Å². The summed E-state index contributed by atoms with van der Waals surface area (Å²) in [6.45, 7) is 12.8. The van der Waals surface area contributed by atoms with Crippen molar-refractivity contribution in [3.05, 3.63) is 23.5 Å². The van der Waals surface area contributed by atoms with Crippen LogP contribution in [0.25, 0.3) is 11.0 Å². The molecule has 0 bridgehead atoms. The standard InChI is InChI=1S/C19H31N5O/c1-7-14(5)24-17-16(10-21-24)15(8-13(4)22-17)18(25)23-19(6,11-20)9-12(2)3/h8,10,12,14H,7,9,11,20H2,1-6H3,(H,23,25). The number of aryl methyl sites for hydroxylation is 1. The molecule has 2 unspecified atom stereocenters. The largest absolute Gasteiger partial charge is 0.346 e. The van der Waals surface area contributed by atoms with E-state index in [2.05, 4.69) is 43.1 Å². The zero-order valence-electron chi connectivity index (χ0n) is 16.3. The molecule has 2 aromatic rings. The lowest BCUT2D eigenvalue weighted by molar-refractivity contribution is 0.0900. The minimum atomic E-state index is -0.429. The molecule has 1 amide bonds. The maximum Gasteiger partial charge on any atom is 0.252 e. The van der Waals surface area contributed by atoms with Gasteiger partial charge in [0.1, 0.15) is 0 Å². The smallest absolute Gasteiger partial charge is 0.252 e. The van der Waals surface area contributed by atoms with Crippen molar-refractivity contribution >= 4 is 16.9 Å². The molecule has 0 saturated carbocycles. The molecule has 2 atom stereocenters. The van der Waals surface area contributed by atoms with Crippen LogP contribution in [0.4, 0.5) is 0 Å². The molecule has 138 valence electrons. The summed E-state index contributed by atoms with van der Waals surface area (Å²) < 4.78 is 1.90. The number of amides is 1. The number of carbonyl (C=O) groups is 1. The van der Waals surface area contributed by atoms with Crippen LogP contribution in [0.3, 0.4) is 0 Å². The first-order valence-electron chi connectivity index (χ1n) is 9.08. The second-order valence-corrected chi connectivity index (χ2v) is 7.71. The second-order valence-electron chi connectivity index (χ2n) is 7.71. The number of hydrogen-bond donors (Lipinski definition) is 2. The van der Waals surface area contributed by atoms with Gasteiger partial charge in [0.15, 0.2) is 5.65 Å². The van der Waals surface area contributed by atoms with Crippen LogP contribution in [0.1, 0.15) is 69.6 Å². The van der Waals surface area contributed by atoms with Crippen molar-refractivity contribution < 1.29 is 4.79 Å². The first-order valence-corrected chi connectivity index (χ1v) is 9.08. The van der Waals surface area contributed by atoms with Gasteiger partial charge in [0.05, 0.1) is 23.2 Å². The summed E-state index contributed by atoms with van der Waals surface area (Å²) in [7, 11) is 0. The molecular weight excluding hydrogens is 314 g/mol. The number of nitrogens with two attached hydrogens (primary N) is 1. The van der Waals surface area contributed by atoms with Gasteiger partial charge in [-0.2, -0.15) is 5.10 Å². The topological polar surface area (TPSA) is 85.8 Å². The summed E-state index contributed by atoms with van der Waals surface area (Å²) >= 11 is 0. The van der Waals surface area contributed by atoms with Gasteiger partial charge in [0.25, 0.3) is 5.91 Å². The summed E-state index contributed by atoms with van der Waals surface area (Å²) in [4.78, 5) is 17.6. The molecule has 0 saturated heterocycles. The van der Waals surface area contributed by atoms with Gasteiger partial charge in [-0.15, -0.1) is 0 Å². The Morgan fingerprint density at radius 3 is 2.64 bits per heavy atom. The van der Waals surface area contributed by atoms with E-state index in [0.29, 0.717) is 18.0 Å². The average Bonchev–Trinajstić information content (AvgIpc) is 2.96. The van der Waals surface area contributed by atoms with Crippen molar-refractivity contribution in [2.24, 2.45) is 11.7 Å². The van der Waals surface area contributed by atoms with Crippen LogP contribution in [0.5, 0.6) is 0 Å². The SMILES string of the molecule is CCC(C)n1ncc2c(C(=O)NC(C)(CN)CC(C)C)cc(C)nc21. The van der Waals surface area contributed by atoms with Gasteiger partial charge in [-0.05, 0) is 45.6 Å². The fourth-order valence-corrected chi connectivity index (χ4v) is 3.25. The highest BCUT2D eigenvalue weighted by Gasteiger charge is 2.28. The second kappa shape index (κ2) is 7.52. The third-order valence-electron chi connectivity index (χ3n) is 4.67. The molecule has 6 heteroatoms. The van der Waals surface area contributed by atoms with E-state index in [1.54, 1.807) is 6.20 Å². The minimum Gasteiger partial charge on any atom is -0.346 e. The Hall–Kier alpha value is -1.95. The van der Waals surface area contributed by atoms with E-state index in [1.807, 2.05) is 24.6 Å². The monoisotopic (exact) mass is 345 g/mol. The molecule has 0 spiro atoms. The molecule has 2 rings (SSSR count). The lowest BCUT2D eigenvalue weighted by Gasteiger charge is -2.31. The van der Waals surface area contributed by atoms with Crippen LogP contribution < -0.4 is 11.1 Å². The minimum absolute atomic E-state index is 0.118. The van der Waals surface area contributed by atoms with Gasteiger partial charge < -0.3 is 11.1 Å². The number of carbonyl (C=O) groups excluding carboxylic acids is 1. The van der Waals surface area contributed by atoms with Gasteiger partial charge in [-0.1, -0.05) is 20.8 Å². The molecule has 2 heterocycles. The van der Waals surface area contributed by atoms with Crippen LogP contribution >= 0.6 is 0 Å². The van der Waals surface area contributed by atoms with E-state index in [4.69, 9.17) is 5.73 Å². The first-order chi connectivity index (χ1) is 11.7. The van der Waals surface area contributed by atoms with Crippen LogP contribution in [-0.2, 0) is 0 Å². The van der Waals surface area contributed by atoms with Crippen molar-refractivity contribution in [3.8, 4) is 0 Å². The molecule has 0 aromatic carbocycles. The number of nitrogens with one attached hydrogen (secondary N) is 1. The number of rotatable bonds is 7. The van der Waals surface area contributed by atoms with Crippen LogP contribution in [0, 0.1) is 12.8 Å². The van der Waals surface area contributed by atoms with Crippen molar-refractivity contribution in [1.82, 2.24) is 20.1 Å². The maximum atomic E-state index is 13.0. The highest BCUT2D eigenvalue weighted by molar-refractivity contribution is 6.05. The van der Waals surface area contributed by atoms with Gasteiger partial charge in [0.2, 0.25) is 0 Å². The normalized spacial score (nSPS) is 15.4. The van der Waals surface area contributed by atoms with Crippen molar-refractivity contribution in [2.75, 3.05) is 6.54 Å². The Kier molecular flexibility index (Phi) is 5.83. The molecule has 3 N–H and O–H groups in total. The number of aromatic nitrogens is 3. The fraction of sp³-hybridized carbons (Fsp3) is 0.632. The summed E-state index contributed by atoms with van der Waals surface area (Å²) in [5.74, 6) is 0.328. The van der Waals surface area contributed by atoms with Crippen molar-refractivity contribution in [3.63, 3.8) is 0 Å². The fourth-order valence-electron chi connectivity index (χ4n) is 3.25. The quantitative estimate of drug-likeness (QED) is 0.807. The number of pyridine rings is 1. The van der Waals surface area contributed by atoms with Crippen LogP contribution in [-0.4, -0.2) is 32.8 Å². The zero-order valence-corrected chi connectivity index (χ0v) is 16.3. The average molecular weight is 345 g/mol. The van der Waals surface area contributed by atoms with Gasteiger partial charge >= 0.3 is 0 Å². The molecule has 0 fully saturated rings. The van der Waals surface area contributed by atoms with Crippen molar-refractivity contribution in [2.45, 2.75) is 66.0 Å². The lowest BCUT2D eigenvalue weighted by Crippen LogP contribution is -2.52. The van der Waals surface area contributed by atoms with E-state index in [-0.39, 0.29) is 11.9 Å². The summed E-state index contributed by atoms with van der Waals surface area (Å²) in [5.41, 5.74) is 7.69. The highest BCUT2D eigenvalue weighted by atomic mass is 16.1. The van der Waals surface area contributed by atoms with E-state index >= 15 is 0 Å². The highest BCUT2D eigenvalue weighted by Crippen LogP contribution is 2.23. The van der Waals surface area contributed by atoms with Crippen LogP contribution in [0.2, 0.25) is 0 Å². The Labute approximate surface area is 150 Å². The number of fused-ring (bicyclic) bond motifs is 1. The van der Waals surface area contributed by atoms with Crippen molar-refractivity contribution in [1.29, 1.82) is 0 Å². The van der Waals surface area contributed by atoms with E-state index < -0.39 is 5.54 Å². The maximum absolute atomic E-state index is 13.0. The summed E-state index contributed by atoms with van der Waals surface area (Å²) in [5, 5.41) is 8.38. The predicted octanol–water partition coefficient (Wildman–Crippen LogP) is 3.20. The van der Waals surface area contributed by atoms with E-state index in [9.17, 15) is 4.79 Å². The molecule has 2 aromatic heterocycles. The Morgan fingerprint density at radius 1 is 1.40 bits per heavy atom. The molecule has 6 nitrogen and oxygen atoms in total. The third kappa shape index (κ3) is 4.18. The Morgan fingerprint density at radius 2 is 2.08 bits per heavy atom. The summed E-state index contributed by atoms with van der Waals surface area (Å²) in [6, 6.07) is 2.06. The van der Waals surface area contributed by atoms with E-state index in [1.165, 1.54) is 0 Å². The Balaban J connectivity index is 2.43. The van der Waals surface area contributed by atoms with E-state index in [0.717, 1.165) is 29.6 Å². The molecule has 0 radical (unpaired) electrons. The van der Waals surface area contributed by atoms with Gasteiger partial charge in [-0.25, -0.2) is 9.67 Å². The molecular formula is C19H31N5O. The molecule has 0 aliphatic heterocycles. The third-order valence-corrected chi connectivity index (χ3v) is 4.67. The molecule has 0 aliphatic carbocycles. The number of hydrogen-bond acceptors (Lipinski definition) is 4. The lowest BCUT2D eigenvalue weighted by atomic mass is 9.90. The first kappa shape index (κ1) is 19.4. The van der Waals surface area contributed by atoms with Gasteiger partial charge in [0, 0.05) is 17.8 Å². The summed E-state index contributed by atoms with van der Waals surface area (Å²) in [6.07, 6.45) is 3.52. The predicted molar refractivity (Wildman–Crippen MR) is 102 cm³/mol. The molecule has 0 aliphatic rings. The number of nitrogens with zero attached hydrogens (tertiary/aromatic N) is 3. The van der Waals surface area contributed by atoms with Crippen LogP contribution in [0.15, 0.2) is 12.3 Å².